The molecular formula is C48H52Cl3F5. The van der Waals surface area contributed by atoms with Crippen LogP contribution in [-0.2, 0) is 38.5 Å². The maximum absolute atomic E-state index is 12.6. The molecule has 300 valence electrons. The van der Waals surface area contributed by atoms with E-state index in [-0.39, 0.29) is 11.4 Å². The second-order valence-corrected chi connectivity index (χ2v) is 13.4. The molecule has 8 heteroatoms. The molecule has 6 aromatic rings. The zero-order chi connectivity index (χ0) is 41.9. The van der Waals surface area contributed by atoms with Crippen molar-refractivity contribution in [2.75, 3.05) is 0 Å². The highest BCUT2D eigenvalue weighted by Crippen LogP contribution is 2.19. The fourth-order valence-electron chi connectivity index (χ4n) is 4.65. The Morgan fingerprint density at radius 3 is 1.09 bits per heavy atom. The molecule has 0 aliphatic carbocycles. The smallest absolute Gasteiger partial charge is 0.129 e. The average Bonchev–Trinajstić information content (AvgIpc) is 3.19. The van der Waals surface area contributed by atoms with Gasteiger partial charge in [-0.25, -0.2) is 22.0 Å². The van der Waals surface area contributed by atoms with Crippen molar-refractivity contribution >= 4 is 34.8 Å². The minimum Gasteiger partial charge on any atom is -0.207 e. The van der Waals surface area contributed by atoms with Crippen LogP contribution in [0.2, 0.25) is 15.1 Å². The van der Waals surface area contributed by atoms with E-state index in [2.05, 4.69) is 45.0 Å². The molecule has 56 heavy (non-hydrogen) atoms. The van der Waals surface area contributed by atoms with Crippen LogP contribution in [-0.4, -0.2) is 0 Å². The minimum absolute atomic E-state index is 0.160. The fraction of sp³-hybridized carbons (Fsp3) is 0.250. The summed E-state index contributed by atoms with van der Waals surface area (Å²) < 4.78 is 62.2. The highest BCUT2D eigenvalue weighted by atomic mass is 35.5. The van der Waals surface area contributed by atoms with Gasteiger partial charge >= 0.3 is 0 Å². The zero-order valence-electron chi connectivity index (χ0n) is 33.0. The summed E-state index contributed by atoms with van der Waals surface area (Å²) in [5.74, 6) is -2.08. The Morgan fingerprint density at radius 2 is 0.714 bits per heavy atom. The molecule has 6 rings (SSSR count). The van der Waals surface area contributed by atoms with Crippen molar-refractivity contribution in [3.8, 4) is 0 Å². The van der Waals surface area contributed by atoms with E-state index in [1.165, 1.54) is 64.7 Å². The molecule has 0 aliphatic heterocycles. The third-order valence-electron chi connectivity index (χ3n) is 7.97. The zero-order valence-corrected chi connectivity index (χ0v) is 35.2. The summed E-state index contributed by atoms with van der Waals surface area (Å²) in [6, 6.07) is 38.0. The number of hydrogen-bond donors (Lipinski definition) is 0. The molecule has 0 N–H and O–H groups in total. The Kier molecular flexibility index (Phi) is 25.9. The first-order valence-corrected chi connectivity index (χ1v) is 19.8. The summed E-state index contributed by atoms with van der Waals surface area (Å²) in [4.78, 5) is 0. The third kappa shape index (κ3) is 21.8. The second-order valence-electron chi connectivity index (χ2n) is 12.1. The van der Waals surface area contributed by atoms with Gasteiger partial charge < -0.3 is 0 Å². The van der Waals surface area contributed by atoms with Crippen LogP contribution in [0, 0.1) is 29.1 Å². The van der Waals surface area contributed by atoms with Crippen molar-refractivity contribution in [1.29, 1.82) is 0 Å². The van der Waals surface area contributed by atoms with Crippen LogP contribution in [0.25, 0.3) is 0 Å². The first-order chi connectivity index (χ1) is 26.8. The van der Waals surface area contributed by atoms with Crippen molar-refractivity contribution in [1.82, 2.24) is 0 Å². The molecule has 0 amide bonds. The quantitative estimate of drug-likeness (QED) is 0.147. The highest BCUT2D eigenvalue weighted by molar-refractivity contribution is 6.34. The van der Waals surface area contributed by atoms with E-state index in [9.17, 15) is 22.0 Å². The van der Waals surface area contributed by atoms with Gasteiger partial charge in [-0.1, -0.05) is 137 Å². The van der Waals surface area contributed by atoms with E-state index in [1.807, 2.05) is 56.3 Å². The van der Waals surface area contributed by atoms with Gasteiger partial charge in [-0.15, -0.1) is 0 Å². The number of hydrogen-bond acceptors (Lipinski definition) is 0. The molecule has 6 aromatic carbocycles. The van der Waals surface area contributed by atoms with Crippen molar-refractivity contribution in [3.63, 3.8) is 0 Å². The maximum atomic E-state index is 12.6. The van der Waals surface area contributed by atoms with Gasteiger partial charge in [0.1, 0.15) is 29.1 Å². The van der Waals surface area contributed by atoms with E-state index >= 15 is 0 Å². The predicted octanol–water partition coefficient (Wildman–Crippen LogP) is 16.1. The van der Waals surface area contributed by atoms with Crippen LogP contribution in [0.3, 0.4) is 0 Å². The van der Waals surface area contributed by atoms with Crippen LogP contribution in [0.4, 0.5) is 22.0 Å². The topological polar surface area (TPSA) is 0 Å². The van der Waals surface area contributed by atoms with Crippen LogP contribution < -0.4 is 0 Å². The molecule has 0 unspecified atom stereocenters. The number of benzene rings is 6. The van der Waals surface area contributed by atoms with Crippen molar-refractivity contribution in [2.45, 2.75) is 80.1 Å². The third-order valence-corrected chi connectivity index (χ3v) is 8.66. The van der Waals surface area contributed by atoms with Gasteiger partial charge in [0, 0.05) is 26.7 Å². The number of rotatable bonds is 6. The molecule has 0 aliphatic rings. The Hall–Kier alpha value is -4.16. The van der Waals surface area contributed by atoms with Crippen LogP contribution >= 0.6 is 34.8 Å². The molecule has 0 atom stereocenters. The van der Waals surface area contributed by atoms with E-state index in [0.29, 0.717) is 28.5 Å². The Bertz CT molecular complexity index is 1770. The Balaban J connectivity index is 0.000000337. The summed E-state index contributed by atoms with van der Waals surface area (Å²) >= 11 is 17.2. The summed E-state index contributed by atoms with van der Waals surface area (Å²) in [5, 5.41) is 2.24. The van der Waals surface area contributed by atoms with Crippen LogP contribution in [0.1, 0.15) is 74.9 Å². The second kappa shape index (κ2) is 29.1. The van der Waals surface area contributed by atoms with Crippen molar-refractivity contribution < 1.29 is 22.0 Å². The van der Waals surface area contributed by atoms with Crippen molar-refractivity contribution in [2.24, 2.45) is 0 Å². The van der Waals surface area contributed by atoms with Gasteiger partial charge in [-0.05, 0) is 133 Å². The lowest BCUT2D eigenvalue weighted by Crippen LogP contribution is -1.91. The van der Waals surface area contributed by atoms with Gasteiger partial charge in [0.2, 0.25) is 0 Å². The summed E-state index contributed by atoms with van der Waals surface area (Å²) in [6.07, 6.45) is 5.23. The molecule has 0 saturated carbocycles. The van der Waals surface area contributed by atoms with Crippen molar-refractivity contribution in [3.05, 3.63) is 211 Å². The van der Waals surface area contributed by atoms with Gasteiger partial charge in [-0.2, -0.15) is 0 Å². The standard InChI is InChI=1S/C8H8Cl2.C8H9Cl.2C8H8F2.C8H9F.C8H10/c1-2-6-3-7(9)5-8(10)4-6;1-2-7-3-5-8(9)6-4-7;1-2-6-3-7(9)5-8(10)4-6;1-2-6-7(9)4-3-5-8(6)10;1-2-7-3-5-8(9)6-4-7;1-2-8-6-4-3-5-7-8/h3-5H,2H2,1H3;3-6H,2H2,1H3;2*3-5H,2H2,1H3;3-6H,2H2,1H3;3-7H,2H2,1H3. The van der Waals surface area contributed by atoms with E-state index in [0.717, 1.165) is 36.8 Å². The molecule has 0 heterocycles. The molecule has 0 bridgehead atoms. The number of aryl methyl sites for hydroxylation is 5. The monoisotopic (exact) mass is 828 g/mol. The van der Waals surface area contributed by atoms with Gasteiger partial charge in [0.15, 0.2) is 0 Å². The lowest BCUT2D eigenvalue weighted by atomic mass is 10.1. The Morgan fingerprint density at radius 1 is 0.321 bits per heavy atom. The Labute approximate surface area is 346 Å². The first kappa shape index (κ1) is 49.9. The molecule has 0 aromatic heterocycles. The minimum atomic E-state index is -0.503. The van der Waals surface area contributed by atoms with E-state index in [4.69, 9.17) is 34.8 Å². The summed E-state index contributed by atoms with van der Waals surface area (Å²) in [7, 11) is 0. The largest absolute Gasteiger partial charge is 0.207 e. The predicted molar refractivity (Wildman–Crippen MR) is 230 cm³/mol. The van der Waals surface area contributed by atoms with E-state index < -0.39 is 23.3 Å². The molecular weight excluding hydrogens is 778 g/mol. The first-order valence-electron chi connectivity index (χ1n) is 18.6. The van der Waals surface area contributed by atoms with Crippen LogP contribution in [0.15, 0.2) is 133 Å². The maximum Gasteiger partial charge on any atom is 0.129 e. The molecule has 0 saturated heterocycles. The van der Waals surface area contributed by atoms with Gasteiger partial charge in [0.05, 0.1) is 0 Å². The lowest BCUT2D eigenvalue weighted by Gasteiger charge is -1.98. The SMILES string of the molecule is CCc1c(F)cccc1F.CCc1cc(Cl)cc(Cl)c1.CCc1cc(F)cc(F)c1.CCc1ccc(Cl)cc1.CCc1ccc(F)cc1.CCc1ccccc1. The fourth-order valence-corrected chi connectivity index (χ4v) is 5.35. The number of halogens is 8. The molecule has 0 fully saturated rings. The van der Waals surface area contributed by atoms with Crippen LogP contribution in [0.5, 0.6) is 0 Å². The molecule has 0 spiro atoms. The molecule has 0 radical (unpaired) electrons. The average molecular weight is 830 g/mol. The summed E-state index contributed by atoms with van der Waals surface area (Å²) in [6.45, 7) is 12.0. The molecule has 0 nitrogen and oxygen atoms in total. The highest BCUT2D eigenvalue weighted by Gasteiger charge is 2.03. The van der Waals surface area contributed by atoms with Gasteiger partial charge in [-0.3, -0.25) is 0 Å². The van der Waals surface area contributed by atoms with Gasteiger partial charge in [0.25, 0.3) is 0 Å². The van der Waals surface area contributed by atoms with E-state index in [1.54, 1.807) is 25.1 Å². The normalized spacial score (nSPS) is 9.68. The summed E-state index contributed by atoms with van der Waals surface area (Å²) in [5.41, 5.74) is 5.96. The lowest BCUT2D eigenvalue weighted by molar-refractivity contribution is 0.559.